The van der Waals surface area contributed by atoms with E-state index in [0.29, 0.717) is 0 Å². The number of hydrogen-bond acceptors (Lipinski definition) is 4. The van der Waals surface area contributed by atoms with Crippen LogP contribution in [0.2, 0.25) is 0 Å². The molecule has 0 fully saturated rings. The van der Waals surface area contributed by atoms with Crippen molar-refractivity contribution >= 4 is 16.9 Å². The smallest absolute Gasteiger partial charge is 0.220 e. The molecular weight excluding hydrogens is 202 g/mol. The highest BCUT2D eigenvalue weighted by Gasteiger charge is 2.02. The molecule has 3 aromatic rings. The monoisotopic (exact) mass is 211 g/mol. The highest BCUT2D eigenvalue weighted by Crippen LogP contribution is 2.21. The van der Waals surface area contributed by atoms with Crippen LogP contribution in [0, 0.1) is 0 Å². The lowest BCUT2D eigenvalue weighted by atomic mass is 10.1. The maximum atomic E-state index is 5.55. The molecule has 5 heteroatoms. The van der Waals surface area contributed by atoms with Gasteiger partial charge in [-0.05, 0) is 12.1 Å². The van der Waals surface area contributed by atoms with Crippen LogP contribution in [0.25, 0.3) is 22.2 Å². The van der Waals surface area contributed by atoms with Gasteiger partial charge in [-0.3, -0.25) is 5.10 Å². The minimum atomic E-state index is 0.286. The van der Waals surface area contributed by atoms with Crippen molar-refractivity contribution in [2.45, 2.75) is 0 Å². The first-order valence-corrected chi connectivity index (χ1v) is 4.85. The van der Waals surface area contributed by atoms with E-state index in [1.165, 1.54) is 0 Å². The number of nitrogens with two attached hydrogens (primary N) is 1. The van der Waals surface area contributed by atoms with Crippen LogP contribution in [0.3, 0.4) is 0 Å². The SMILES string of the molecule is Nc1ncc2ccc(-c3ccn[nH]3)cc2n1. The third kappa shape index (κ3) is 1.38. The number of H-pyrrole nitrogens is 1. The zero-order valence-corrected chi connectivity index (χ0v) is 8.38. The van der Waals surface area contributed by atoms with E-state index in [-0.39, 0.29) is 5.95 Å². The van der Waals surface area contributed by atoms with Gasteiger partial charge in [0.25, 0.3) is 0 Å². The average molecular weight is 211 g/mol. The maximum Gasteiger partial charge on any atom is 0.220 e. The number of fused-ring (bicyclic) bond motifs is 1. The van der Waals surface area contributed by atoms with Gasteiger partial charge in [-0.2, -0.15) is 5.10 Å². The van der Waals surface area contributed by atoms with Gasteiger partial charge in [-0.25, -0.2) is 9.97 Å². The molecule has 0 aliphatic rings. The normalized spacial score (nSPS) is 10.8. The average Bonchev–Trinajstić information content (AvgIpc) is 2.81. The molecule has 78 valence electrons. The lowest BCUT2D eigenvalue weighted by Crippen LogP contribution is -1.94. The first-order valence-electron chi connectivity index (χ1n) is 4.85. The molecule has 2 heterocycles. The fourth-order valence-electron chi connectivity index (χ4n) is 1.62. The minimum Gasteiger partial charge on any atom is -0.368 e. The Bertz CT molecular complexity index is 630. The second-order valence-corrected chi connectivity index (χ2v) is 3.47. The van der Waals surface area contributed by atoms with Crippen LogP contribution in [-0.4, -0.2) is 20.2 Å². The number of nitrogen functional groups attached to an aromatic ring is 1. The molecule has 0 amide bonds. The molecule has 0 aliphatic carbocycles. The predicted molar refractivity (Wildman–Crippen MR) is 61.5 cm³/mol. The fourth-order valence-corrected chi connectivity index (χ4v) is 1.62. The number of nitrogens with one attached hydrogen (secondary N) is 1. The van der Waals surface area contributed by atoms with E-state index in [4.69, 9.17) is 5.73 Å². The molecule has 3 N–H and O–H groups in total. The second kappa shape index (κ2) is 3.30. The highest BCUT2D eigenvalue weighted by atomic mass is 15.1. The van der Waals surface area contributed by atoms with Crippen LogP contribution < -0.4 is 5.73 Å². The molecule has 3 rings (SSSR count). The van der Waals surface area contributed by atoms with Crippen molar-refractivity contribution in [2.75, 3.05) is 5.73 Å². The summed E-state index contributed by atoms with van der Waals surface area (Å²) in [7, 11) is 0. The van der Waals surface area contributed by atoms with E-state index in [0.717, 1.165) is 22.2 Å². The standard InChI is InChI=1S/C11H9N5/c12-11-13-6-8-2-1-7(5-10(8)15-11)9-3-4-14-16-9/h1-6H,(H,14,16)(H2,12,13,15). The summed E-state index contributed by atoms with van der Waals surface area (Å²) in [6, 6.07) is 7.83. The van der Waals surface area contributed by atoms with Gasteiger partial charge in [-0.1, -0.05) is 12.1 Å². The molecule has 16 heavy (non-hydrogen) atoms. The van der Waals surface area contributed by atoms with Gasteiger partial charge in [0, 0.05) is 23.3 Å². The van der Waals surface area contributed by atoms with Gasteiger partial charge in [0.05, 0.1) is 11.2 Å². The Morgan fingerprint density at radius 3 is 2.94 bits per heavy atom. The first-order chi connectivity index (χ1) is 7.83. The Kier molecular flexibility index (Phi) is 1.83. The summed E-state index contributed by atoms with van der Waals surface area (Å²) in [5, 5.41) is 7.79. The van der Waals surface area contributed by atoms with Crippen molar-refractivity contribution in [1.82, 2.24) is 20.2 Å². The van der Waals surface area contributed by atoms with Gasteiger partial charge in [0.2, 0.25) is 5.95 Å². The van der Waals surface area contributed by atoms with Crippen LogP contribution in [-0.2, 0) is 0 Å². The topological polar surface area (TPSA) is 80.5 Å². The van der Waals surface area contributed by atoms with Crippen LogP contribution in [0.5, 0.6) is 0 Å². The summed E-state index contributed by atoms with van der Waals surface area (Å²) < 4.78 is 0. The number of aromatic nitrogens is 4. The van der Waals surface area contributed by atoms with E-state index in [9.17, 15) is 0 Å². The molecule has 2 aromatic heterocycles. The summed E-state index contributed by atoms with van der Waals surface area (Å²) >= 11 is 0. The molecule has 0 unspecified atom stereocenters. The molecule has 0 atom stereocenters. The Hall–Kier alpha value is -2.43. The highest BCUT2D eigenvalue weighted by molar-refractivity contribution is 5.83. The molecular formula is C11H9N5. The van der Waals surface area contributed by atoms with E-state index >= 15 is 0 Å². The zero-order valence-electron chi connectivity index (χ0n) is 8.38. The fraction of sp³-hybridized carbons (Fsp3) is 0. The number of rotatable bonds is 1. The van der Waals surface area contributed by atoms with Crippen molar-refractivity contribution in [3.63, 3.8) is 0 Å². The van der Waals surface area contributed by atoms with Crippen molar-refractivity contribution < 1.29 is 0 Å². The second-order valence-electron chi connectivity index (χ2n) is 3.47. The number of nitrogens with zero attached hydrogens (tertiary/aromatic N) is 3. The largest absolute Gasteiger partial charge is 0.368 e. The van der Waals surface area contributed by atoms with Crippen molar-refractivity contribution in [3.8, 4) is 11.3 Å². The van der Waals surface area contributed by atoms with Gasteiger partial charge >= 0.3 is 0 Å². The first kappa shape index (κ1) is 8.84. The number of hydrogen-bond donors (Lipinski definition) is 2. The lowest BCUT2D eigenvalue weighted by molar-refractivity contribution is 1.10. The third-order valence-corrected chi connectivity index (χ3v) is 2.41. The zero-order chi connectivity index (χ0) is 11.0. The van der Waals surface area contributed by atoms with Gasteiger partial charge in [-0.15, -0.1) is 0 Å². The molecule has 0 saturated carbocycles. The summed E-state index contributed by atoms with van der Waals surface area (Å²) in [5.41, 5.74) is 8.37. The molecule has 0 bridgehead atoms. The molecule has 0 radical (unpaired) electrons. The Morgan fingerprint density at radius 1 is 1.19 bits per heavy atom. The molecule has 0 spiro atoms. The van der Waals surface area contributed by atoms with Gasteiger partial charge < -0.3 is 5.73 Å². The molecule has 0 saturated heterocycles. The van der Waals surface area contributed by atoms with E-state index in [1.807, 2.05) is 24.3 Å². The lowest BCUT2D eigenvalue weighted by Gasteiger charge is -2.01. The van der Waals surface area contributed by atoms with Crippen LogP contribution >= 0.6 is 0 Å². The van der Waals surface area contributed by atoms with Gasteiger partial charge in [0.1, 0.15) is 0 Å². The quantitative estimate of drug-likeness (QED) is 0.640. The molecule has 1 aromatic carbocycles. The minimum absolute atomic E-state index is 0.286. The van der Waals surface area contributed by atoms with E-state index < -0.39 is 0 Å². The summed E-state index contributed by atoms with van der Waals surface area (Å²) in [6.45, 7) is 0. The van der Waals surface area contributed by atoms with Crippen molar-refractivity contribution in [3.05, 3.63) is 36.7 Å². The predicted octanol–water partition coefficient (Wildman–Crippen LogP) is 1.60. The number of anilines is 1. The van der Waals surface area contributed by atoms with Crippen molar-refractivity contribution in [2.24, 2.45) is 0 Å². The van der Waals surface area contributed by atoms with Crippen molar-refractivity contribution in [1.29, 1.82) is 0 Å². The summed E-state index contributed by atoms with van der Waals surface area (Å²) in [6.07, 6.45) is 3.43. The maximum absolute atomic E-state index is 5.55. The van der Waals surface area contributed by atoms with Crippen LogP contribution in [0.4, 0.5) is 5.95 Å². The Balaban J connectivity index is 2.22. The molecule has 0 aliphatic heterocycles. The number of aromatic amines is 1. The van der Waals surface area contributed by atoms with E-state index in [1.54, 1.807) is 12.4 Å². The van der Waals surface area contributed by atoms with Gasteiger partial charge in [0.15, 0.2) is 0 Å². The number of benzene rings is 1. The van der Waals surface area contributed by atoms with Crippen LogP contribution in [0.15, 0.2) is 36.7 Å². The Morgan fingerprint density at radius 2 is 2.12 bits per heavy atom. The molecule has 5 nitrogen and oxygen atoms in total. The van der Waals surface area contributed by atoms with E-state index in [2.05, 4.69) is 20.2 Å². The summed E-state index contributed by atoms with van der Waals surface area (Å²) in [5.74, 6) is 0.286. The van der Waals surface area contributed by atoms with Crippen LogP contribution in [0.1, 0.15) is 0 Å². The third-order valence-electron chi connectivity index (χ3n) is 2.41. The summed E-state index contributed by atoms with van der Waals surface area (Å²) in [4.78, 5) is 8.12. The Labute approximate surface area is 91.3 Å².